The molecule has 0 fully saturated rings. The zero-order valence-corrected chi connectivity index (χ0v) is 21.8. The monoisotopic (exact) mass is 509 g/mol. The summed E-state index contributed by atoms with van der Waals surface area (Å²) in [7, 11) is -3.91. The van der Waals surface area contributed by atoms with Gasteiger partial charge < -0.3 is 5.32 Å². The fourth-order valence-corrected chi connectivity index (χ4v) is 6.45. The summed E-state index contributed by atoms with van der Waals surface area (Å²) in [5.41, 5.74) is 4.44. The van der Waals surface area contributed by atoms with Gasteiger partial charge in [0.2, 0.25) is 0 Å². The molecule has 1 amide bonds. The molecule has 0 saturated heterocycles. The fourth-order valence-electron chi connectivity index (χ4n) is 4.08. The zero-order valence-electron chi connectivity index (χ0n) is 20.2. The van der Waals surface area contributed by atoms with E-state index in [1.807, 2.05) is 39.8 Å². The Morgan fingerprint density at radius 3 is 2.26 bits per heavy atom. The van der Waals surface area contributed by atoms with E-state index in [0.29, 0.717) is 16.9 Å². The minimum absolute atomic E-state index is 0.0296. The predicted octanol–water partition coefficient (Wildman–Crippen LogP) is 5.62. The molecule has 0 unspecified atom stereocenters. The summed E-state index contributed by atoms with van der Waals surface area (Å²) in [6.07, 6.45) is 0. The smallest absolute Gasteiger partial charge is 0.308 e. The molecule has 0 saturated carbocycles. The molecule has 0 spiro atoms. The lowest BCUT2D eigenvalue weighted by Gasteiger charge is -2.13. The molecule has 0 atom stereocenters. The maximum Gasteiger partial charge on any atom is 0.308 e. The summed E-state index contributed by atoms with van der Waals surface area (Å²) < 4.78 is 31.4. The number of rotatable bonds is 6. The molecular weight excluding hydrogens is 482 g/mol. The molecule has 4 aromatic rings. The zero-order chi connectivity index (χ0) is 25.5. The number of thiazole rings is 1. The highest BCUT2D eigenvalue weighted by molar-refractivity contribution is 7.92. The van der Waals surface area contributed by atoms with Crippen molar-refractivity contribution >= 4 is 48.9 Å². The Morgan fingerprint density at radius 2 is 1.60 bits per heavy atom. The summed E-state index contributed by atoms with van der Waals surface area (Å²) in [6.45, 7) is 9.37. The number of aromatic nitrogens is 1. The van der Waals surface area contributed by atoms with Crippen molar-refractivity contribution in [3.63, 3.8) is 0 Å². The van der Waals surface area contributed by atoms with Crippen LogP contribution in [0, 0.1) is 20.8 Å². The summed E-state index contributed by atoms with van der Waals surface area (Å²) in [5.74, 6) is -0.442. The largest absolute Gasteiger partial charge is 0.322 e. The highest BCUT2D eigenvalue weighted by Gasteiger charge is 2.20. The van der Waals surface area contributed by atoms with Crippen LogP contribution in [-0.4, -0.2) is 18.9 Å². The highest BCUT2D eigenvalue weighted by atomic mass is 32.2. The van der Waals surface area contributed by atoms with Gasteiger partial charge in [-0.25, -0.2) is 8.42 Å². The number of sulfonamides is 1. The number of aryl methyl sites for hydroxylation is 3. The van der Waals surface area contributed by atoms with Gasteiger partial charge in [0.15, 0.2) is 0 Å². The second-order valence-corrected chi connectivity index (χ2v) is 11.6. The van der Waals surface area contributed by atoms with E-state index >= 15 is 0 Å². The number of carbonyl (C=O) groups is 1. The summed E-state index contributed by atoms with van der Waals surface area (Å²) in [6, 6.07) is 15.4. The van der Waals surface area contributed by atoms with Crippen LogP contribution in [0.1, 0.15) is 46.9 Å². The number of hydrogen-bond donors (Lipinski definition) is 2. The van der Waals surface area contributed by atoms with Crippen LogP contribution < -0.4 is 14.9 Å². The molecule has 9 heteroatoms. The number of anilines is 2. The number of nitrogens with zero attached hydrogens (tertiary/aromatic N) is 1. The Balaban J connectivity index is 1.61. The van der Waals surface area contributed by atoms with Crippen molar-refractivity contribution in [3.05, 3.63) is 86.5 Å². The molecule has 0 aliphatic rings. The molecule has 3 aromatic carbocycles. The first-order chi connectivity index (χ1) is 16.4. The van der Waals surface area contributed by atoms with Gasteiger partial charge in [-0.2, -0.15) is 0 Å². The summed E-state index contributed by atoms with van der Waals surface area (Å²) in [5, 5.41) is 2.81. The SMILES string of the molecule is Cc1cc(C)cc(NS(=O)(=O)c2cc(C(=O)Nc3ccc4c(c3)sc(=O)n4C(C)C)ccc2C)c1. The molecule has 35 heavy (non-hydrogen) atoms. The minimum Gasteiger partial charge on any atom is -0.322 e. The standard InChI is InChI=1S/C26H27N3O4S2/c1-15(2)29-22-9-8-20(14-23(22)34-26(29)31)27-25(30)19-7-6-18(5)24(13-19)35(32,33)28-21-11-16(3)10-17(4)12-21/h6-15,28H,1-5H3,(H,27,30). The first kappa shape index (κ1) is 24.7. The van der Waals surface area contributed by atoms with Gasteiger partial charge in [0.25, 0.3) is 15.9 Å². The van der Waals surface area contributed by atoms with Gasteiger partial charge >= 0.3 is 4.87 Å². The van der Waals surface area contributed by atoms with E-state index in [9.17, 15) is 18.0 Å². The van der Waals surface area contributed by atoms with Gasteiger partial charge in [-0.1, -0.05) is 23.5 Å². The number of amides is 1. The Morgan fingerprint density at radius 1 is 0.914 bits per heavy atom. The van der Waals surface area contributed by atoms with E-state index < -0.39 is 15.9 Å². The van der Waals surface area contributed by atoms with Crippen molar-refractivity contribution in [2.24, 2.45) is 0 Å². The molecule has 1 heterocycles. The number of hydrogen-bond acceptors (Lipinski definition) is 5. The summed E-state index contributed by atoms with van der Waals surface area (Å²) >= 11 is 1.12. The van der Waals surface area contributed by atoms with Crippen molar-refractivity contribution in [2.75, 3.05) is 10.0 Å². The Hall–Kier alpha value is -3.43. The maximum atomic E-state index is 13.1. The predicted molar refractivity (Wildman–Crippen MR) is 142 cm³/mol. The number of fused-ring (bicyclic) bond motifs is 1. The van der Waals surface area contributed by atoms with Crippen LogP contribution in [0.5, 0.6) is 0 Å². The van der Waals surface area contributed by atoms with Gasteiger partial charge in [-0.05, 0) is 93.8 Å². The number of nitrogens with one attached hydrogen (secondary N) is 2. The van der Waals surface area contributed by atoms with E-state index in [1.54, 1.807) is 47.9 Å². The van der Waals surface area contributed by atoms with Gasteiger partial charge in [0.05, 0.1) is 15.1 Å². The molecule has 2 N–H and O–H groups in total. The first-order valence-corrected chi connectivity index (χ1v) is 13.4. The minimum atomic E-state index is -3.91. The Kier molecular flexibility index (Phi) is 6.57. The molecule has 0 aliphatic carbocycles. The van der Waals surface area contributed by atoms with E-state index in [-0.39, 0.29) is 21.4 Å². The van der Waals surface area contributed by atoms with Crippen molar-refractivity contribution in [2.45, 2.75) is 45.6 Å². The highest BCUT2D eigenvalue weighted by Crippen LogP contribution is 2.26. The summed E-state index contributed by atoms with van der Waals surface area (Å²) in [4.78, 5) is 25.3. The van der Waals surface area contributed by atoms with Crippen molar-refractivity contribution in [1.29, 1.82) is 0 Å². The second-order valence-electron chi connectivity index (χ2n) is 8.93. The van der Waals surface area contributed by atoms with Crippen LogP contribution in [0.3, 0.4) is 0 Å². The molecule has 0 radical (unpaired) electrons. The van der Waals surface area contributed by atoms with Crippen molar-refractivity contribution in [3.8, 4) is 0 Å². The quantitative estimate of drug-likeness (QED) is 0.352. The topological polar surface area (TPSA) is 97.3 Å². The average molecular weight is 510 g/mol. The van der Waals surface area contributed by atoms with E-state index in [1.165, 1.54) is 6.07 Å². The fraction of sp³-hybridized carbons (Fsp3) is 0.231. The second kappa shape index (κ2) is 9.31. The first-order valence-electron chi connectivity index (χ1n) is 11.1. The lowest BCUT2D eigenvalue weighted by atomic mass is 10.1. The van der Waals surface area contributed by atoms with Crippen LogP contribution in [0.4, 0.5) is 11.4 Å². The van der Waals surface area contributed by atoms with Gasteiger partial charge in [0, 0.05) is 23.0 Å². The van der Waals surface area contributed by atoms with E-state index in [2.05, 4.69) is 10.0 Å². The Labute approximate surface area is 208 Å². The number of carbonyl (C=O) groups excluding carboxylic acids is 1. The van der Waals surface area contributed by atoms with Gasteiger partial charge in [-0.3, -0.25) is 18.9 Å². The van der Waals surface area contributed by atoms with Crippen LogP contribution in [0.15, 0.2) is 64.3 Å². The van der Waals surface area contributed by atoms with E-state index in [0.717, 1.165) is 32.7 Å². The average Bonchev–Trinajstić information content (AvgIpc) is 3.07. The third-order valence-corrected chi connectivity index (χ3v) is 8.04. The number of benzene rings is 3. The van der Waals surface area contributed by atoms with Crippen LogP contribution in [0.2, 0.25) is 0 Å². The van der Waals surface area contributed by atoms with Crippen molar-refractivity contribution < 1.29 is 13.2 Å². The third-order valence-electron chi connectivity index (χ3n) is 5.60. The van der Waals surface area contributed by atoms with Crippen LogP contribution >= 0.6 is 11.3 Å². The van der Waals surface area contributed by atoms with Gasteiger partial charge in [-0.15, -0.1) is 0 Å². The molecular formula is C26H27N3O4S2. The van der Waals surface area contributed by atoms with E-state index in [4.69, 9.17) is 0 Å². The van der Waals surface area contributed by atoms with Gasteiger partial charge in [0.1, 0.15) is 0 Å². The maximum absolute atomic E-state index is 13.1. The van der Waals surface area contributed by atoms with Crippen LogP contribution in [0.25, 0.3) is 10.2 Å². The molecule has 4 rings (SSSR count). The molecule has 182 valence electrons. The molecule has 1 aromatic heterocycles. The lowest BCUT2D eigenvalue weighted by molar-refractivity contribution is 0.102. The molecule has 7 nitrogen and oxygen atoms in total. The lowest BCUT2D eigenvalue weighted by Crippen LogP contribution is -2.17. The molecule has 0 aliphatic heterocycles. The normalized spacial score (nSPS) is 11.7. The molecule has 0 bridgehead atoms. The van der Waals surface area contributed by atoms with Crippen molar-refractivity contribution in [1.82, 2.24) is 4.57 Å². The Bertz CT molecular complexity index is 1600. The third kappa shape index (κ3) is 5.16. The van der Waals surface area contributed by atoms with Crippen LogP contribution in [-0.2, 0) is 10.0 Å².